The first-order chi connectivity index (χ1) is 9.11. The Balaban J connectivity index is 2.00. The lowest BCUT2D eigenvalue weighted by atomic mass is 10.1. The number of rotatable bonds is 6. The number of carbonyl (C=O) groups is 1. The molecule has 5 nitrogen and oxygen atoms in total. The van der Waals surface area contributed by atoms with Crippen molar-refractivity contribution < 1.29 is 19.4 Å². The monoisotopic (exact) mass is 267 g/mol. The van der Waals surface area contributed by atoms with Crippen molar-refractivity contribution in [3.63, 3.8) is 0 Å². The molecule has 1 aliphatic rings. The number of likely N-dealkylation sites (tertiary alicyclic amines) is 1. The van der Waals surface area contributed by atoms with Crippen LogP contribution in [0.4, 0.5) is 0 Å². The second-order valence-electron chi connectivity index (χ2n) is 5.12. The van der Waals surface area contributed by atoms with E-state index in [0.717, 1.165) is 32.2 Å². The Morgan fingerprint density at radius 2 is 2.37 bits per heavy atom. The van der Waals surface area contributed by atoms with Gasteiger partial charge in [-0.05, 0) is 45.2 Å². The topological polar surface area (TPSA) is 73.9 Å². The molecular weight excluding hydrogens is 246 g/mol. The molecule has 1 aromatic rings. The number of hydrogen-bond donors (Lipinski definition) is 2. The highest BCUT2D eigenvalue weighted by Gasteiger charge is 2.25. The zero-order valence-corrected chi connectivity index (χ0v) is 11.3. The highest BCUT2D eigenvalue weighted by atomic mass is 16.4. The van der Waals surface area contributed by atoms with E-state index < -0.39 is 5.97 Å². The van der Waals surface area contributed by atoms with Gasteiger partial charge < -0.3 is 14.6 Å². The number of aryl methyl sites for hydroxylation is 1. The zero-order chi connectivity index (χ0) is 13.8. The highest BCUT2D eigenvalue weighted by molar-refractivity contribution is 5.88. The Hall–Kier alpha value is -1.33. The van der Waals surface area contributed by atoms with Crippen LogP contribution < -0.4 is 0 Å². The molecule has 1 aromatic heterocycles. The molecule has 0 aliphatic carbocycles. The summed E-state index contributed by atoms with van der Waals surface area (Å²) in [4.78, 5) is 13.3. The lowest BCUT2D eigenvalue weighted by Crippen LogP contribution is -2.28. The van der Waals surface area contributed by atoms with E-state index in [1.165, 1.54) is 0 Å². The van der Waals surface area contributed by atoms with Gasteiger partial charge in [0.05, 0.1) is 6.54 Å². The second kappa shape index (κ2) is 6.21. The second-order valence-corrected chi connectivity index (χ2v) is 5.12. The van der Waals surface area contributed by atoms with E-state index in [0.29, 0.717) is 24.1 Å². The van der Waals surface area contributed by atoms with Crippen molar-refractivity contribution in [2.75, 3.05) is 13.2 Å². The first-order valence-electron chi connectivity index (χ1n) is 6.79. The molecule has 106 valence electrons. The van der Waals surface area contributed by atoms with Crippen LogP contribution in [0, 0.1) is 6.92 Å². The van der Waals surface area contributed by atoms with Crippen molar-refractivity contribution in [3.05, 3.63) is 23.2 Å². The average Bonchev–Trinajstić information content (AvgIpc) is 2.94. The van der Waals surface area contributed by atoms with E-state index in [2.05, 4.69) is 4.90 Å². The molecule has 2 N–H and O–H groups in total. The van der Waals surface area contributed by atoms with Gasteiger partial charge >= 0.3 is 5.97 Å². The zero-order valence-electron chi connectivity index (χ0n) is 11.3. The van der Waals surface area contributed by atoms with Gasteiger partial charge in [-0.15, -0.1) is 0 Å². The van der Waals surface area contributed by atoms with E-state index in [-0.39, 0.29) is 12.2 Å². The van der Waals surface area contributed by atoms with Gasteiger partial charge in [0.15, 0.2) is 0 Å². The van der Waals surface area contributed by atoms with Crippen LogP contribution >= 0.6 is 0 Å². The fourth-order valence-electron chi connectivity index (χ4n) is 2.79. The average molecular weight is 267 g/mol. The quantitative estimate of drug-likeness (QED) is 0.825. The third-order valence-electron chi connectivity index (χ3n) is 3.75. The lowest BCUT2D eigenvalue weighted by molar-refractivity contribution is 0.0695. The van der Waals surface area contributed by atoms with Crippen LogP contribution in [0.2, 0.25) is 0 Å². The maximum Gasteiger partial charge on any atom is 0.339 e. The van der Waals surface area contributed by atoms with Crippen molar-refractivity contribution in [1.29, 1.82) is 0 Å². The molecular formula is C14H21NO4. The van der Waals surface area contributed by atoms with E-state index in [1.54, 1.807) is 13.0 Å². The Morgan fingerprint density at radius 3 is 3.00 bits per heavy atom. The largest absolute Gasteiger partial charge is 0.478 e. The predicted molar refractivity (Wildman–Crippen MR) is 70.2 cm³/mol. The molecule has 0 radical (unpaired) electrons. The molecule has 0 saturated carbocycles. The van der Waals surface area contributed by atoms with Gasteiger partial charge in [0, 0.05) is 12.6 Å². The molecule has 1 fully saturated rings. The van der Waals surface area contributed by atoms with Gasteiger partial charge in [0.2, 0.25) is 0 Å². The minimum Gasteiger partial charge on any atom is -0.478 e. The van der Waals surface area contributed by atoms with Gasteiger partial charge in [-0.1, -0.05) is 0 Å². The van der Waals surface area contributed by atoms with Crippen LogP contribution in [0.3, 0.4) is 0 Å². The fraction of sp³-hybridized carbons (Fsp3) is 0.643. The van der Waals surface area contributed by atoms with Gasteiger partial charge in [-0.25, -0.2) is 4.79 Å². The van der Waals surface area contributed by atoms with E-state index in [9.17, 15) is 4.79 Å². The molecule has 5 heteroatoms. The molecule has 1 saturated heterocycles. The summed E-state index contributed by atoms with van der Waals surface area (Å²) in [5, 5.41) is 17.9. The summed E-state index contributed by atoms with van der Waals surface area (Å²) >= 11 is 0. The summed E-state index contributed by atoms with van der Waals surface area (Å²) in [6.07, 6.45) is 4.10. The van der Waals surface area contributed by atoms with Crippen molar-refractivity contribution in [2.45, 2.75) is 45.2 Å². The first kappa shape index (κ1) is 14.1. The van der Waals surface area contributed by atoms with E-state index >= 15 is 0 Å². The Bertz CT molecular complexity index is 441. The van der Waals surface area contributed by atoms with E-state index in [4.69, 9.17) is 14.6 Å². The van der Waals surface area contributed by atoms with E-state index in [1.807, 2.05) is 0 Å². The van der Waals surface area contributed by atoms with Crippen LogP contribution in [-0.4, -0.2) is 40.3 Å². The van der Waals surface area contributed by atoms with Crippen molar-refractivity contribution in [1.82, 2.24) is 4.90 Å². The van der Waals surface area contributed by atoms with Gasteiger partial charge in [-0.2, -0.15) is 0 Å². The van der Waals surface area contributed by atoms with Gasteiger partial charge in [-0.3, -0.25) is 4.90 Å². The Labute approximate surface area is 112 Å². The molecule has 1 aliphatic heterocycles. The maximum atomic E-state index is 11.0. The lowest BCUT2D eigenvalue weighted by Gasteiger charge is -2.23. The molecule has 0 bridgehead atoms. The molecule has 0 spiro atoms. The molecule has 2 rings (SSSR count). The first-order valence-corrected chi connectivity index (χ1v) is 6.79. The Kier molecular flexibility index (Phi) is 4.61. The van der Waals surface area contributed by atoms with Crippen LogP contribution in [0.1, 0.15) is 47.6 Å². The predicted octanol–water partition coefficient (Wildman–Crippen LogP) is 2.02. The maximum absolute atomic E-state index is 11.0. The van der Waals surface area contributed by atoms with Crippen LogP contribution in [0.25, 0.3) is 0 Å². The number of furan rings is 1. The van der Waals surface area contributed by atoms with Crippen molar-refractivity contribution in [3.8, 4) is 0 Å². The molecule has 0 amide bonds. The number of carboxylic acid groups (broad SMARTS) is 1. The summed E-state index contributed by atoms with van der Waals surface area (Å²) in [5.74, 6) is 0.241. The summed E-state index contributed by atoms with van der Waals surface area (Å²) in [6.45, 7) is 3.58. The normalized spacial score (nSPS) is 20.0. The molecule has 2 heterocycles. The van der Waals surface area contributed by atoms with Crippen molar-refractivity contribution >= 4 is 5.97 Å². The summed E-state index contributed by atoms with van der Waals surface area (Å²) < 4.78 is 5.52. The highest BCUT2D eigenvalue weighted by Crippen LogP contribution is 2.25. The number of nitrogens with zero attached hydrogens (tertiary/aromatic N) is 1. The number of aliphatic hydroxyl groups is 1. The third-order valence-corrected chi connectivity index (χ3v) is 3.75. The van der Waals surface area contributed by atoms with Gasteiger partial charge in [0.25, 0.3) is 0 Å². The van der Waals surface area contributed by atoms with Crippen LogP contribution in [-0.2, 0) is 6.54 Å². The summed E-state index contributed by atoms with van der Waals surface area (Å²) in [7, 11) is 0. The molecule has 19 heavy (non-hydrogen) atoms. The molecule has 1 unspecified atom stereocenters. The Morgan fingerprint density at radius 1 is 1.58 bits per heavy atom. The molecule has 1 atom stereocenters. The van der Waals surface area contributed by atoms with Crippen LogP contribution in [0.5, 0.6) is 0 Å². The summed E-state index contributed by atoms with van der Waals surface area (Å²) in [5.41, 5.74) is 0.251. The number of hydrogen-bond acceptors (Lipinski definition) is 4. The molecule has 0 aromatic carbocycles. The number of aliphatic hydroxyl groups excluding tert-OH is 1. The fourth-order valence-corrected chi connectivity index (χ4v) is 2.79. The smallest absolute Gasteiger partial charge is 0.339 e. The number of aromatic carboxylic acids is 1. The standard InChI is InChI=1S/C14H21NO4/c1-10-13(14(17)18)8-12(19-10)9-15-6-2-4-11(15)5-3-7-16/h8,11,16H,2-7,9H2,1H3,(H,17,18). The minimum absolute atomic E-state index is 0.230. The minimum atomic E-state index is -0.939. The summed E-state index contributed by atoms with van der Waals surface area (Å²) in [6, 6.07) is 2.10. The van der Waals surface area contributed by atoms with Gasteiger partial charge in [0.1, 0.15) is 17.1 Å². The number of carboxylic acids is 1. The van der Waals surface area contributed by atoms with Crippen LogP contribution in [0.15, 0.2) is 10.5 Å². The SMILES string of the molecule is Cc1oc(CN2CCCC2CCCO)cc1C(=O)O. The van der Waals surface area contributed by atoms with Crippen molar-refractivity contribution in [2.24, 2.45) is 0 Å². The third kappa shape index (κ3) is 3.36.